The number of fused-ring (bicyclic) bond motifs is 4. The van der Waals surface area contributed by atoms with Crippen molar-refractivity contribution < 1.29 is 43.8 Å². The highest BCUT2D eigenvalue weighted by Gasteiger charge is 2.58. The third-order valence-corrected chi connectivity index (χ3v) is 13.6. The molecule has 1 spiro atoms. The van der Waals surface area contributed by atoms with E-state index < -0.39 is 77.6 Å². The summed E-state index contributed by atoms with van der Waals surface area (Å²) in [4.78, 5) is 23.7. The van der Waals surface area contributed by atoms with Crippen LogP contribution < -0.4 is 5.32 Å². The molecule has 4 aliphatic heterocycles. The van der Waals surface area contributed by atoms with E-state index in [1.54, 1.807) is 0 Å². The minimum atomic E-state index is -1.72. The Hall–Kier alpha value is -2.30. The maximum Gasteiger partial charge on any atom is 0.311 e. The van der Waals surface area contributed by atoms with Gasteiger partial charge in [0.2, 0.25) is 0 Å². The van der Waals surface area contributed by atoms with Crippen molar-refractivity contribution in [2.75, 3.05) is 40.3 Å². The number of aliphatic hydroxyl groups excluding tert-OH is 2. The van der Waals surface area contributed by atoms with Crippen molar-refractivity contribution >= 4 is 16.9 Å². The lowest BCUT2D eigenvalue weighted by molar-refractivity contribution is -0.332. The van der Waals surface area contributed by atoms with Crippen molar-refractivity contribution in [1.29, 1.82) is 0 Å². The van der Waals surface area contributed by atoms with Gasteiger partial charge in [-0.25, -0.2) is 0 Å². The Bertz CT molecular complexity index is 1670. The number of rotatable bonds is 7. The summed E-state index contributed by atoms with van der Waals surface area (Å²) in [6, 6.07) is 11.7. The minimum absolute atomic E-state index is 0.0130. The number of aromatic nitrogens is 1. The SMILES string of the molecule is CC[C@H]1OC(=O)[C@H](C)[C@H]2OC3(CCN(CCc4ccc5ccccc5n4)CC3)O[C@](C)(C[C@@H](C)CN[C@H](C)[C@@H](O)[C@]1(C)O)[C@H](O[C@@H]1O[C@H](C)C[C@H](N(C)C)[C@H]1O)[C@H]2C. The van der Waals surface area contributed by atoms with Crippen LogP contribution >= 0.6 is 0 Å². The Morgan fingerprint density at radius 3 is 2.43 bits per heavy atom. The van der Waals surface area contributed by atoms with E-state index in [1.807, 2.05) is 71.8 Å². The van der Waals surface area contributed by atoms with E-state index >= 15 is 0 Å². The fourth-order valence-corrected chi connectivity index (χ4v) is 10.2. The fraction of sp³-hybridized carbons (Fsp3) is 0.778. The van der Waals surface area contributed by atoms with E-state index in [0.717, 1.165) is 42.7 Å². The van der Waals surface area contributed by atoms with E-state index in [1.165, 1.54) is 6.92 Å². The van der Waals surface area contributed by atoms with Gasteiger partial charge in [-0.2, -0.15) is 0 Å². The topological polar surface area (TPSA) is 155 Å². The molecular weight excluding hydrogens is 741 g/mol. The van der Waals surface area contributed by atoms with Crippen LogP contribution in [0.25, 0.3) is 10.9 Å². The minimum Gasteiger partial charge on any atom is -0.459 e. The molecule has 4 aliphatic rings. The van der Waals surface area contributed by atoms with Crippen molar-refractivity contribution in [3.63, 3.8) is 0 Å². The third-order valence-electron chi connectivity index (χ3n) is 13.6. The van der Waals surface area contributed by atoms with Gasteiger partial charge in [-0.05, 0) is 92.6 Å². The predicted molar refractivity (Wildman–Crippen MR) is 222 cm³/mol. The largest absolute Gasteiger partial charge is 0.459 e. The highest BCUT2D eigenvalue weighted by molar-refractivity contribution is 5.78. The number of nitrogens with zero attached hydrogens (tertiary/aromatic N) is 3. The van der Waals surface area contributed by atoms with Crippen LogP contribution in [-0.4, -0.2) is 148 Å². The number of cyclic esters (lactones) is 1. The van der Waals surface area contributed by atoms with E-state index in [0.29, 0.717) is 38.6 Å². The molecule has 0 aliphatic carbocycles. The first-order valence-electron chi connectivity index (χ1n) is 21.8. The number of aliphatic hydroxyl groups is 3. The molecule has 5 heterocycles. The Kier molecular flexibility index (Phi) is 14.3. The maximum absolute atomic E-state index is 14.3. The summed E-state index contributed by atoms with van der Waals surface area (Å²) >= 11 is 0. The van der Waals surface area contributed by atoms with Crippen molar-refractivity contribution in [1.82, 2.24) is 20.1 Å². The van der Waals surface area contributed by atoms with Crippen molar-refractivity contribution in [2.45, 2.75) is 166 Å². The standard InChI is InChI=1S/C45H72N4O9/c1-11-36-44(8,53)39(51)31(6)46-26-27(2)25-43(7)40(56-42-37(50)35(48(9)10)24-28(3)54-42)29(4)38(30(5)41(52)55-36)57-45(58-43)19-22-49(23-20-45)21-18-33-17-16-32-14-12-13-15-34(32)47-33/h12-17,27-31,35-40,42,46,50-51,53H,11,18-26H2,1-10H3/t27-,28-,29+,30-,31-,35+,36-,37-,38+,39-,40-,42+,43-,44-/m1/s1. The van der Waals surface area contributed by atoms with E-state index in [2.05, 4.69) is 42.3 Å². The molecule has 6 rings (SSSR count). The number of likely N-dealkylation sites (tertiary alicyclic amines) is 1. The number of carbonyl (C=O) groups is 1. The van der Waals surface area contributed by atoms with Crippen LogP contribution in [0.3, 0.4) is 0 Å². The number of esters is 1. The quantitative estimate of drug-likeness (QED) is 0.295. The van der Waals surface area contributed by atoms with Gasteiger partial charge in [-0.15, -0.1) is 0 Å². The maximum atomic E-state index is 14.3. The van der Waals surface area contributed by atoms with Crippen LogP contribution in [0.5, 0.6) is 0 Å². The van der Waals surface area contributed by atoms with Gasteiger partial charge < -0.3 is 54.1 Å². The number of carbonyl (C=O) groups excluding carboxylic acids is 1. The lowest BCUT2D eigenvalue weighted by Gasteiger charge is -2.49. The fourth-order valence-electron chi connectivity index (χ4n) is 10.2. The molecule has 0 unspecified atom stereocenters. The number of para-hydroxylation sites is 1. The molecule has 2 bridgehead atoms. The molecule has 13 heteroatoms. The lowest BCUT2D eigenvalue weighted by atomic mass is 9.78. The van der Waals surface area contributed by atoms with Crippen LogP contribution in [0.1, 0.15) is 93.2 Å². The number of hydrogen-bond acceptors (Lipinski definition) is 13. The lowest BCUT2D eigenvalue weighted by Crippen LogP contribution is -2.60. The summed E-state index contributed by atoms with van der Waals surface area (Å²) in [5.41, 5.74) is -0.635. The molecule has 4 saturated heterocycles. The molecule has 4 N–H and O–H groups in total. The van der Waals surface area contributed by atoms with Crippen LogP contribution in [0.2, 0.25) is 0 Å². The van der Waals surface area contributed by atoms with Crippen molar-refractivity contribution in [3.05, 3.63) is 42.1 Å². The number of hydrogen-bond donors (Lipinski definition) is 4. The van der Waals surface area contributed by atoms with Crippen LogP contribution in [0, 0.1) is 17.8 Å². The second-order valence-corrected chi connectivity index (χ2v) is 18.8. The van der Waals surface area contributed by atoms with Crippen LogP contribution in [0.15, 0.2) is 36.4 Å². The zero-order chi connectivity index (χ0) is 42.2. The zero-order valence-electron chi connectivity index (χ0n) is 36.6. The van der Waals surface area contributed by atoms with Crippen LogP contribution in [-0.2, 0) is 34.9 Å². The smallest absolute Gasteiger partial charge is 0.311 e. The van der Waals surface area contributed by atoms with Crippen molar-refractivity contribution in [3.8, 4) is 0 Å². The van der Waals surface area contributed by atoms with Gasteiger partial charge >= 0.3 is 5.97 Å². The average molecular weight is 813 g/mol. The Balaban J connectivity index is 1.34. The summed E-state index contributed by atoms with van der Waals surface area (Å²) in [7, 11) is 3.91. The Morgan fingerprint density at radius 2 is 1.74 bits per heavy atom. The van der Waals surface area contributed by atoms with E-state index in [9.17, 15) is 20.1 Å². The first-order chi connectivity index (χ1) is 27.4. The molecule has 4 fully saturated rings. The highest BCUT2D eigenvalue weighted by atomic mass is 16.7. The van der Waals surface area contributed by atoms with Gasteiger partial charge in [0.05, 0.1) is 35.3 Å². The van der Waals surface area contributed by atoms with Gasteiger partial charge in [0.15, 0.2) is 12.1 Å². The van der Waals surface area contributed by atoms with Gasteiger partial charge in [0, 0.05) is 68.0 Å². The van der Waals surface area contributed by atoms with Gasteiger partial charge in [-0.1, -0.05) is 45.0 Å². The Labute approximate surface area is 346 Å². The van der Waals surface area contributed by atoms with Crippen LogP contribution in [0.4, 0.5) is 0 Å². The highest BCUT2D eigenvalue weighted by Crippen LogP contribution is 2.47. The van der Waals surface area contributed by atoms with E-state index in [-0.39, 0.29) is 18.1 Å². The molecular formula is C45H72N4O9. The number of nitrogens with one attached hydrogen (secondary N) is 1. The molecule has 1 aromatic carbocycles. The summed E-state index contributed by atoms with van der Waals surface area (Å²) in [6.07, 6.45) is -2.17. The van der Waals surface area contributed by atoms with Gasteiger partial charge in [-0.3, -0.25) is 9.78 Å². The molecule has 1 aromatic heterocycles. The summed E-state index contributed by atoms with van der Waals surface area (Å²) in [5, 5.41) is 39.4. The average Bonchev–Trinajstić information content (AvgIpc) is 3.27. The molecule has 13 nitrogen and oxygen atoms in total. The predicted octanol–water partition coefficient (Wildman–Crippen LogP) is 4.28. The number of benzene rings is 1. The second-order valence-electron chi connectivity index (χ2n) is 18.8. The number of ether oxygens (including phenoxy) is 5. The molecule has 58 heavy (non-hydrogen) atoms. The first kappa shape index (κ1) is 45.2. The molecule has 0 amide bonds. The summed E-state index contributed by atoms with van der Waals surface area (Å²) in [5.74, 6) is -2.80. The van der Waals surface area contributed by atoms with Gasteiger partial charge in [0.1, 0.15) is 23.9 Å². The summed E-state index contributed by atoms with van der Waals surface area (Å²) in [6.45, 7) is 18.0. The van der Waals surface area contributed by atoms with E-state index in [4.69, 9.17) is 28.7 Å². The molecule has 2 aromatic rings. The third kappa shape index (κ3) is 9.75. The van der Waals surface area contributed by atoms with Gasteiger partial charge in [0.25, 0.3) is 0 Å². The van der Waals surface area contributed by atoms with Crippen molar-refractivity contribution in [2.24, 2.45) is 17.8 Å². The first-order valence-corrected chi connectivity index (χ1v) is 21.8. The molecule has 0 radical (unpaired) electrons. The Morgan fingerprint density at radius 1 is 1.03 bits per heavy atom. The molecule has 14 atom stereocenters. The normalized spacial score (nSPS) is 40.9. The zero-order valence-corrected chi connectivity index (χ0v) is 36.6. The number of likely N-dealkylation sites (N-methyl/N-ethyl adjacent to an activating group) is 1. The second kappa shape index (κ2) is 18.4. The molecule has 326 valence electrons. The summed E-state index contributed by atoms with van der Waals surface area (Å²) < 4.78 is 34.2. The monoisotopic (exact) mass is 813 g/mol. The molecule has 0 saturated carbocycles. The number of pyridine rings is 1. The number of piperidine rings is 1.